The standard InChI is InChI=1S/C19H17N3O4S/c1-11-3-5-13(6-4-11)17(24)18(25)22-19-21-15(10-27-19)16-8-7-14(26-16)9-20-12(2)23/h3-8,10H,9H2,1-2H3,(H,20,23)(H,21,22,25). The lowest BCUT2D eigenvalue weighted by molar-refractivity contribution is -0.119. The van der Waals surface area contributed by atoms with Crippen LogP contribution in [0.25, 0.3) is 11.5 Å². The molecule has 27 heavy (non-hydrogen) atoms. The second kappa shape index (κ2) is 7.96. The summed E-state index contributed by atoms with van der Waals surface area (Å²) in [7, 11) is 0. The maximum Gasteiger partial charge on any atom is 0.298 e. The number of ketones is 1. The first-order valence-corrected chi connectivity index (χ1v) is 9.02. The summed E-state index contributed by atoms with van der Waals surface area (Å²) in [5.74, 6) is -0.414. The van der Waals surface area contributed by atoms with E-state index in [0.717, 1.165) is 5.56 Å². The number of hydrogen-bond acceptors (Lipinski definition) is 6. The van der Waals surface area contributed by atoms with E-state index < -0.39 is 11.7 Å². The Morgan fingerprint density at radius 3 is 2.56 bits per heavy atom. The number of aromatic nitrogens is 1. The zero-order valence-electron chi connectivity index (χ0n) is 14.7. The molecule has 7 nitrogen and oxygen atoms in total. The number of anilines is 1. The lowest BCUT2D eigenvalue weighted by atomic mass is 10.1. The zero-order chi connectivity index (χ0) is 19.4. The summed E-state index contributed by atoms with van der Waals surface area (Å²) in [6, 6.07) is 10.3. The van der Waals surface area contributed by atoms with Gasteiger partial charge < -0.3 is 9.73 Å². The molecule has 0 saturated carbocycles. The van der Waals surface area contributed by atoms with Crippen LogP contribution in [-0.2, 0) is 16.1 Å². The number of rotatable bonds is 6. The Labute approximate surface area is 159 Å². The van der Waals surface area contributed by atoms with E-state index in [2.05, 4.69) is 15.6 Å². The van der Waals surface area contributed by atoms with Crippen LogP contribution < -0.4 is 10.6 Å². The normalized spacial score (nSPS) is 10.4. The van der Waals surface area contributed by atoms with Gasteiger partial charge in [-0.3, -0.25) is 19.7 Å². The fourth-order valence-electron chi connectivity index (χ4n) is 2.26. The maximum atomic E-state index is 12.2. The minimum Gasteiger partial charge on any atom is -0.458 e. The molecule has 3 rings (SSSR count). The molecule has 0 aliphatic rings. The number of hydrogen-bond donors (Lipinski definition) is 2. The van der Waals surface area contributed by atoms with Crippen LogP contribution in [0.2, 0.25) is 0 Å². The summed E-state index contributed by atoms with van der Waals surface area (Å²) >= 11 is 1.19. The van der Waals surface area contributed by atoms with Crippen LogP contribution in [0.5, 0.6) is 0 Å². The Kier molecular flexibility index (Phi) is 5.46. The number of aryl methyl sites for hydroxylation is 1. The molecule has 0 atom stereocenters. The number of carbonyl (C=O) groups excluding carboxylic acids is 3. The molecule has 0 aliphatic heterocycles. The highest BCUT2D eigenvalue weighted by Crippen LogP contribution is 2.26. The quantitative estimate of drug-likeness (QED) is 0.503. The predicted molar refractivity (Wildman–Crippen MR) is 101 cm³/mol. The van der Waals surface area contributed by atoms with Crippen LogP contribution in [-0.4, -0.2) is 22.6 Å². The molecular formula is C19H17N3O4S. The van der Waals surface area contributed by atoms with Crippen molar-refractivity contribution in [3.63, 3.8) is 0 Å². The van der Waals surface area contributed by atoms with Gasteiger partial charge >= 0.3 is 0 Å². The Hall–Kier alpha value is -3.26. The summed E-state index contributed by atoms with van der Waals surface area (Å²) in [5.41, 5.74) is 1.86. The van der Waals surface area contributed by atoms with Gasteiger partial charge in [-0.15, -0.1) is 11.3 Å². The molecule has 138 valence electrons. The Bertz CT molecular complexity index is 989. The van der Waals surface area contributed by atoms with E-state index >= 15 is 0 Å². The van der Waals surface area contributed by atoms with Gasteiger partial charge in [0.1, 0.15) is 11.5 Å². The van der Waals surface area contributed by atoms with Crippen molar-refractivity contribution < 1.29 is 18.8 Å². The minimum atomic E-state index is -0.745. The van der Waals surface area contributed by atoms with Crippen LogP contribution in [0, 0.1) is 6.92 Å². The van der Waals surface area contributed by atoms with Crippen LogP contribution in [0.3, 0.4) is 0 Å². The number of benzene rings is 1. The number of amides is 2. The third-order valence-corrected chi connectivity index (χ3v) is 4.43. The highest BCUT2D eigenvalue weighted by atomic mass is 32.1. The lowest BCUT2D eigenvalue weighted by Crippen LogP contribution is -2.22. The summed E-state index contributed by atoms with van der Waals surface area (Å²) < 4.78 is 5.62. The number of nitrogens with one attached hydrogen (secondary N) is 2. The zero-order valence-corrected chi connectivity index (χ0v) is 15.6. The molecule has 2 amide bonds. The Balaban J connectivity index is 1.65. The van der Waals surface area contributed by atoms with Crippen molar-refractivity contribution in [1.82, 2.24) is 10.3 Å². The molecule has 2 aromatic heterocycles. The van der Waals surface area contributed by atoms with Crippen molar-refractivity contribution in [2.45, 2.75) is 20.4 Å². The highest BCUT2D eigenvalue weighted by molar-refractivity contribution is 7.14. The van der Waals surface area contributed by atoms with Crippen molar-refractivity contribution in [3.05, 3.63) is 58.7 Å². The smallest absolute Gasteiger partial charge is 0.298 e. The van der Waals surface area contributed by atoms with Gasteiger partial charge in [-0.05, 0) is 19.1 Å². The van der Waals surface area contributed by atoms with E-state index in [9.17, 15) is 14.4 Å². The topological polar surface area (TPSA) is 101 Å². The van der Waals surface area contributed by atoms with E-state index in [0.29, 0.717) is 27.9 Å². The second-order valence-electron chi connectivity index (χ2n) is 5.86. The van der Waals surface area contributed by atoms with Crippen LogP contribution in [0.1, 0.15) is 28.6 Å². The fourth-order valence-corrected chi connectivity index (χ4v) is 2.95. The van der Waals surface area contributed by atoms with Gasteiger partial charge in [0, 0.05) is 17.9 Å². The predicted octanol–water partition coefficient (Wildman–Crippen LogP) is 3.17. The second-order valence-corrected chi connectivity index (χ2v) is 6.72. The van der Waals surface area contributed by atoms with Gasteiger partial charge in [0.2, 0.25) is 5.91 Å². The third kappa shape index (κ3) is 4.68. The highest BCUT2D eigenvalue weighted by Gasteiger charge is 2.18. The van der Waals surface area contributed by atoms with Crippen LogP contribution in [0.4, 0.5) is 5.13 Å². The van der Waals surface area contributed by atoms with Gasteiger partial charge in [-0.1, -0.05) is 29.8 Å². The lowest BCUT2D eigenvalue weighted by Gasteiger charge is -2.01. The number of thiazole rings is 1. The molecule has 0 unspecified atom stereocenters. The molecule has 0 aliphatic carbocycles. The van der Waals surface area contributed by atoms with Crippen LogP contribution >= 0.6 is 11.3 Å². The minimum absolute atomic E-state index is 0.148. The Morgan fingerprint density at radius 2 is 1.85 bits per heavy atom. The fraction of sp³-hybridized carbons (Fsp3) is 0.158. The van der Waals surface area contributed by atoms with Crippen LogP contribution in [0.15, 0.2) is 46.2 Å². The maximum absolute atomic E-state index is 12.2. The van der Waals surface area contributed by atoms with E-state index in [1.54, 1.807) is 41.8 Å². The average molecular weight is 383 g/mol. The van der Waals surface area contributed by atoms with Gasteiger partial charge in [-0.25, -0.2) is 4.98 Å². The van der Waals surface area contributed by atoms with Gasteiger partial charge in [-0.2, -0.15) is 0 Å². The van der Waals surface area contributed by atoms with Crippen molar-refractivity contribution in [2.75, 3.05) is 5.32 Å². The SMILES string of the molecule is CC(=O)NCc1ccc(-c2csc(NC(=O)C(=O)c3ccc(C)cc3)n2)o1. The first-order valence-electron chi connectivity index (χ1n) is 8.14. The molecule has 1 aromatic carbocycles. The van der Waals surface area contributed by atoms with Crippen molar-refractivity contribution >= 4 is 34.1 Å². The summed E-state index contributed by atoms with van der Waals surface area (Å²) in [4.78, 5) is 39.5. The monoisotopic (exact) mass is 383 g/mol. The molecule has 0 spiro atoms. The van der Waals surface area contributed by atoms with Crippen molar-refractivity contribution in [3.8, 4) is 11.5 Å². The number of nitrogens with zero attached hydrogens (tertiary/aromatic N) is 1. The van der Waals surface area contributed by atoms with E-state index in [-0.39, 0.29) is 12.5 Å². The first-order chi connectivity index (χ1) is 12.9. The molecule has 3 aromatic rings. The molecule has 0 fully saturated rings. The molecule has 0 saturated heterocycles. The van der Waals surface area contributed by atoms with E-state index in [1.807, 2.05) is 6.92 Å². The van der Waals surface area contributed by atoms with Gasteiger partial charge in [0.05, 0.1) is 6.54 Å². The Morgan fingerprint density at radius 1 is 1.11 bits per heavy atom. The average Bonchev–Trinajstić information content (AvgIpc) is 3.29. The summed E-state index contributed by atoms with van der Waals surface area (Å²) in [6.07, 6.45) is 0. The van der Waals surface area contributed by atoms with Crippen molar-refractivity contribution in [1.29, 1.82) is 0 Å². The molecule has 2 heterocycles. The van der Waals surface area contributed by atoms with Gasteiger partial charge in [0.25, 0.3) is 11.7 Å². The number of carbonyl (C=O) groups is 3. The number of Topliss-reactive ketones (excluding diaryl/α,β-unsaturated/α-hetero) is 1. The van der Waals surface area contributed by atoms with E-state index in [1.165, 1.54) is 18.3 Å². The van der Waals surface area contributed by atoms with Crippen molar-refractivity contribution in [2.24, 2.45) is 0 Å². The molecule has 0 bridgehead atoms. The summed E-state index contributed by atoms with van der Waals surface area (Å²) in [5, 5.41) is 7.17. The third-order valence-electron chi connectivity index (χ3n) is 3.67. The molecule has 0 radical (unpaired) electrons. The molecule has 2 N–H and O–H groups in total. The molecule has 8 heteroatoms. The first kappa shape index (κ1) is 18.5. The van der Waals surface area contributed by atoms with E-state index in [4.69, 9.17) is 4.42 Å². The largest absolute Gasteiger partial charge is 0.458 e. The number of furan rings is 1. The van der Waals surface area contributed by atoms with Gasteiger partial charge in [0.15, 0.2) is 10.9 Å². The molecular weight excluding hydrogens is 366 g/mol. The summed E-state index contributed by atoms with van der Waals surface area (Å²) in [6.45, 7) is 3.62.